The molecule has 3 rings (SSSR count). The van der Waals surface area contributed by atoms with Crippen LogP contribution in [0.4, 0.5) is 4.79 Å². The lowest BCUT2D eigenvalue weighted by Crippen LogP contribution is -2.43. The maximum absolute atomic E-state index is 12.7. The lowest BCUT2D eigenvalue weighted by molar-refractivity contribution is 0.0141. The molecule has 0 saturated carbocycles. The lowest BCUT2D eigenvalue weighted by Gasteiger charge is -2.28. The molecular weight excluding hydrogens is 410 g/mol. The van der Waals surface area contributed by atoms with Gasteiger partial charge in [-0.25, -0.2) is 9.78 Å². The Bertz CT molecular complexity index is 687. The van der Waals surface area contributed by atoms with Crippen molar-refractivity contribution in [2.75, 3.05) is 20.3 Å². The molecule has 7 nitrogen and oxygen atoms in total. The highest BCUT2D eigenvalue weighted by Crippen LogP contribution is 2.35. The third kappa shape index (κ3) is 3.83. The molecule has 0 bridgehead atoms. The first kappa shape index (κ1) is 18.6. The van der Waals surface area contributed by atoms with Crippen molar-refractivity contribution in [3.05, 3.63) is 14.5 Å². The molecule has 1 aromatic heterocycles. The number of rotatable bonds is 3. The van der Waals surface area contributed by atoms with Crippen LogP contribution < -0.4 is 0 Å². The predicted molar refractivity (Wildman–Crippen MR) is 96.7 cm³/mol. The number of aromatic nitrogens is 1. The average Bonchev–Trinajstić information content (AvgIpc) is 3.13. The minimum Gasteiger partial charge on any atom is -0.444 e. The second kappa shape index (κ2) is 6.85. The molecule has 2 aliphatic rings. The van der Waals surface area contributed by atoms with E-state index in [1.165, 1.54) is 11.3 Å². The summed E-state index contributed by atoms with van der Waals surface area (Å²) in [6, 6.07) is -0.156. The van der Waals surface area contributed by atoms with E-state index in [4.69, 9.17) is 9.47 Å². The number of hydrogen-bond donors (Lipinski definition) is 0. The van der Waals surface area contributed by atoms with E-state index in [1.807, 2.05) is 25.7 Å². The standard InChI is InChI=1S/C16H22BrN3O4S/c1-16(2,3)24-15(22)20-6-9(5-10(20)8-23-4)19-7-11-12(13(19)21)18-14(17)25-11/h9-10H,5-8H2,1-4H3/t9-,10+/m1/s1. The minimum absolute atomic E-state index is 0.0552. The number of nitrogens with zero attached hydrogens (tertiary/aromatic N) is 3. The lowest BCUT2D eigenvalue weighted by atomic mass is 10.1. The number of thiazole rings is 1. The highest BCUT2D eigenvalue weighted by Gasteiger charge is 2.44. The largest absolute Gasteiger partial charge is 0.444 e. The van der Waals surface area contributed by atoms with E-state index in [2.05, 4.69) is 20.9 Å². The molecule has 0 radical (unpaired) electrons. The third-order valence-corrected chi connectivity index (χ3v) is 5.76. The van der Waals surface area contributed by atoms with Gasteiger partial charge in [0.1, 0.15) is 11.3 Å². The van der Waals surface area contributed by atoms with E-state index in [1.54, 1.807) is 12.0 Å². The SMILES string of the molecule is COC[C@@H]1C[C@@H](N2Cc3sc(Br)nc3C2=O)CN1C(=O)OC(C)(C)C. The van der Waals surface area contributed by atoms with Crippen molar-refractivity contribution in [2.45, 2.75) is 51.4 Å². The van der Waals surface area contributed by atoms with Crippen LogP contribution in [0.1, 0.15) is 42.6 Å². The first-order valence-electron chi connectivity index (χ1n) is 8.14. The van der Waals surface area contributed by atoms with E-state index in [-0.39, 0.29) is 24.1 Å². The molecule has 2 amide bonds. The molecule has 0 N–H and O–H groups in total. The molecular formula is C16H22BrN3O4S. The van der Waals surface area contributed by atoms with Gasteiger partial charge in [-0.1, -0.05) is 0 Å². The zero-order valence-electron chi connectivity index (χ0n) is 14.7. The fourth-order valence-electron chi connectivity index (χ4n) is 3.27. The number of methoxy groups -OCH3 is 1. The van der Waals surface area contributed by atoms with Crippen LogP contribution in [0.3, 0.4) is 0 Å². The van der Waals surface area contributed by atoms with Gasteiger partial charge in [0, 0.05) is 13.7 Å². The van der Waals surface area contributed by atoms with Gasteiger partial charge in [-0.15, -0.1) is 11.3 Å². The molecule has 2 atom stereocenters. The van der Waals surface area contributed by atoms with Gasteiger partial charge in [0.2, 0.25) is 0 Å². The van der Waals surface area contributed by atoms with Gasteiger partial charge in [0.05, 0.1) is 30.1 Å². The molecule has 1 aromatic rings. The molecule has 25 heavy (non-hydrogen) atoms. The zero-order chi connectivity index (χ0) is 18.4. The zero-order valence-corrected chi connectivity index (χ0v) is 17.1. The Hall–Kier alpha value is -1.19. The van der Waals surface area contributed by atoms with Crippen LogP contribution in [-0.2, 0) is 16.0 Å². The van der Waals surface area contributed by atoms with Gasteiger partial charge in [0.15, 0.2) is 3.92 Å². The summed E-state index contributed by atoms with van der Waals surface area (Å²) in [5.41, 5.74) is -0.0349. The molecule has 2 aliphatic heterocycles. The Morgan fingerprint density at radius 1 is 1.44 bits per heavy atom. The van der Waals surface area contributed by atoms with Crippen molar-refractivity contribution >= 4 is 39.3 Å². The van der Waals surface area contributed by atoms with Crippen LogP contribution in [0.5, 0.6) is 0 Å². The second-order valence-corrected chi connectivity index (χ2v) is 9.66. The topological polar surface area (TPSA) is 72.0 Å². The molecule has 9 heteroatoms. The summed E-state index contributed by atoms with van der Waals surface area (Å²) in [7, 11) is 1.61. The predicted octanol–water partition coefficient (Wildman–Crippen LogP) is 2.89. The number of ether oxygens (including phenoxy) is 2. The Morgan fingerprint density at radius 3 is 2.76 bits per heavy atom. The van der Waals surface area contributed by atoms with Crippen molar-refractivity contribution in [1.29, 1.82) is 0 Å². The summed E-state index contributed by atoms with van der Waals surface area (Å²) < 4.78 is 11.5. The summed E-state index contributed by atoms with van der Waals surface area (Å²) in [6.07, 6.45) is 0.314. The average molecular weight is 432 g/mol. The second-order valence-electron chi connectivity index (χ2n) is 7.30. The summed E-state index contributed by atoms with van der Waals surface area (Å²) >= 11 is 4.81. The van der Waals surface area contributed by atoms with E-state index < -0.39 is 5.60 Å². The first-order valence-corrected chi connectivity index (χ1v) is 9.75. The molecule has 0 aliphatic carbocycles. The number of fused-ring (bicyclic) bond motifs is 1. The summed E-state index contributed by atoms with van der Waals surface area (Å²) in [6.45, 7) is 6.94. The molecule has 1 saturated heterocycles. The van der Waals surface area contributed by atoms with Crippen LogP contribution in [-0.4, -0.2) is 64.7 Å². The summed E-state index contributed by atoms with van der Waals surface area (Å²) in [4.78, 5) is 33.9. The number of amides is 2. The molecule has 0 unspecified atom stereocenters. The van der Waals surface area contributed by atoms with Crippen molar-refractivity contribution < 1.29 is 19.1 Å². The fraction of sp³-hybridized carbons (Fsp3) is 0.688. The quantitative estimate of drug-likeness (QED) is 0.735. The summed E-state index contributed by atoms with van der Waals surface area (Å²) in [5, 5.41) is 0. The maximum atomic E-state index is 12.7. The Balaban J connectivity index is 1.73. The van der Waals surface area contributed by atoms with Crippen LogP contribution in [0.25, 0.3) is 0 Å². The first-order chi connectivity index (χ1) is 11.7. The van der Waals surface area contributed by atoms with E-state index in [0.29, 0.717) is 31.8 Å². The Labute approximate surface area is 159 Å². The minimum atomic E-state index is -0.559. The van der Waals surface area contributed by atoms with Gasteiger partial charge in [-0.05, 0) is 43.1 Å². The van der Waals surface area contributed by atoms with E-state index in [9.17, 15) is 9.59 Å². The number of hydrogen-bond acceptors (Lipinski definition) is 6. The Morgan fingerprint density at radius 2 is 2.16 bits per heavy atom. The number of carbonyl (C=O) groups excluding carboxylic acids is 2. The molecule has 0 spiro atoms. The van der Waals surface area contributed by atoms with Gasteiger partial charge < -0.3 is 19.3 Å². The van der Waals surface area contributed by atoms with Crippen LogP contribution in [0, 0.1) is 0 Å². The third-order valence-electron chi connectivity index (χ3n) is 4.27. The Kier molecular flexibility index (Phi) is 5.09. The van der Waals surface area contributed by atoms with Crippen LogP contribution in [0.2, 0.25) is 0 Å². The van der Waals surface area contributed by atoms with Crippen molar-refractivity contribution in [2.24, 2.45) is 0 Å². The molecule has 1 fully saturated rings. The van der Waals surface area contributed by atoms with Crippen molar-refractivity contribution in [1.82, 2.24) is 14.8 Å². The fourth-order valence-corrected chi connectivity index (χ4v) is 4.80. The van der Waals surface area contributed by atoms with Gasteiger partial charge in [0.25, 0.3) is 5.91 Å². The van der Waals surface area contributed by atoms with Crippen molar-refractivity contribution in [3.63, 3.8) is 0 Å². The van der Waals surface area contributed by atoms with Crippen LogP contribution >= 0.6 is 27.3 Å². The van der Waals surface area contributed by atoms with Gasteiger partial charge in [-0.3, -0.25) is 4.79 Å². The van der Waals surface area contributed by atoms with Gasteiger partial charge in [-0.2, -0.15) is 0 Å². The normalized spacial score (nSPS) is 23.3. The molecule has 0 aromatic carbocycles. The molecule has 138 valence electrons. The smallest absolute Gasteiger partial charge is 0.410 e. The maximum Gasteiger partial charge on any atom is 0.410 e. The number of likely N-dealkylation sites (tertiary alicyclic amines) is 1. The van der Waals surface area contributed by atoms with E-state index in [0.717, 1.165) is 8.79 Å². The van der Waals surface area contributed by atoms with Gasteiger partial charge >= 0.3 is 6.09 Å². The number of halogens is 1. The highest BCUT2D eigenvalue weighted by atomic mass is 79.9. The highest BCUT2D eigenvalue weighted by molar-refractivity contribution is 9.11. The van der Waals surface area contributed by atoms with Crippen LogP contribution in [0.15, 0.2) is 3.92 Å². The molecule has 3 heterocycles. The van der Waals surface area contributed by atoms with E-state index >= 15 is 0 Å². The summed E-state index contributed by atoms with van der Waals surface area (Å²) in [5.74, 6) is -0.0656. The number of carbonyl (C=O) groups is 2. The van der Waals surface area contributed by atoms with Crippen molar-refractivity contribution in [3.8, 4) is 0 Å². The monoisotopic (exact) mass is 431 g/mol.